The van der Waals surface area contributed by atoms with Crippen LogP contribution in [-0.2, 0) is 10.3 Å². The highest BCUT2D eigenvalue weighted by Gasteiger charge is 2.20. The number of nitrogens with zero attached hydrogens (tertiary/aromatic N) is 6. The zero-order valence-electron chi connectivity index (χ0n) is 19.9. The molecule has 1 aliphatic rings. The second-order valence-corrected chi connectivity index (χ2v) is 9.55. The molecule has 1 saturated heterocycles. The van der Waals surface area contributed by atoms with E-state index in [4.69, 9.17) is 4.74 Å². The standard InChI is InChI=1S/C25H29N7O2/c1-17-5-6-19(28-24(33)21-15-27-32(29-21)25(2,3)4)14-20(17)18-13-22(30-9-11-34-12-10-30)23-26-7-8-31(23)16-18/h5-8,13-16H,9-12H2,1-4H3,(H,28,33). The second-order valence-electron chi connectivity index (χ2n) is 9.55. The summed E-state index contributed by atoms with van der Waals surface area (Å²) in [7, 11) is 0. The average Bonchev–Trinajstić information content (AvgIpc) is 3.50. The van der Waals surface area contributed by atoms with E-state index in [1.165, 1.54) is 6.20 Å². The molecule has 0 bridgehead atoms. The molecular weight excluding hydrogens is 430 g/mol. The van der Waals surface area contributed by atoms with Crippen LogP contribution in [0.5, 0.6) is 0 Å². The van der Waals surface area contributed by atoms with Gasteiger partial charge in [-0.1, -0.05) is 6.07 Å². The van der Waals surface area contributed by atoms with Crippen molar-refractivity contribution in [3.05, 3.63) is 60.3 Å². The molecule has 1 aliphatic heterocycles. The van der Waals surface area contributed by atoms with Crippen LogP contribution in [0.2, 0.25) is 0 Å². The van der Waals surface area contributed by atoms with Gasteiger partial charge in [0.25, 0.3) is 5.91 Å². The lowest BCUT2D eigenvalue weighted by Crippen LogP contribution is -2.36. The van der Waals surface area contributed by atoms with E-state index >= 15 is 0 Å². The van der Waals surface area contributed by atoms with Gasteiger partial charge >= 0.3 is 0 Å². The number of carbonyl (C=O) groups excluding carboxylic acids is 1. The summed E-state index contributed by atoms with van der Waals surface area (Å²) < 4.78 is 7.59. The van der Waals surface area contributed by atoms with E-state index in [0.717, 1.165) is 41.1 Å². The van der Waals surface area contributed by atoms with E-state index in [1.54, 1.807) is 4.80 Å². The largest absolute Gasteiger partial charge is 0.378 e. The Morgan fingerprint density at radius 1 is 1.15 bits per heavy atom. The number of hydrogen-bond donors (Lipinski definition) is 1. The van der Waals surface area contributed by atoms with Gasteiger partial charge in [-0.2, -0.15) is 9.90 Å². The van der Waals surface area contributed by atoms with Crippen LogP contribution in [0.15, 0.2) is 49.1 Å². The first-order valence-electron chi connectivity index (χ1n) is 11.4. The zero-order valence-corrected chi connectivity index (χ0v) is 19.9. The molecule has 0 unspecified atom stereocenters. The molecule has 3 aromatic heterocycles. The van der Waals surface area contributed by atoms with E-state index in [0.29, 0.717) is 18.9 Å². The van der Waals surface area contributed by atoms with E-state index in [-0.39, 0.29) is 17.1 Å². The molecule has 0 saturated carbocycles. The smallest absolute Gasteiger partial charge is 0.277 e. The van der Waals surface area contributed by atoms with E-state index in [1.807, 2.05) is 51.4 Å². The fraction of sp³-hybridized carbons (Fsp3) is 0.360. The number of morpholine rings is 1. The zero-order chi connectivity index (χ0) is 23.9. The van der Waals surface area contributed by atoms with Crippen LogP contribution in [-0.4, -0.2) is 56.6 Å². The molecule has 1 N–H and O–H groups in total. The van der Waals surface area contributed by atoms with Gasteiger partial charge in [0.15, 0.2) is 11.3 Å². The predicted molar refractivity (Wildman–Crippen MR) is 131 cm³/mol. The maximum Gasteiger partial charge on any atom is 0.277 e. The fourth-order valence-electron chi connectivity index (χ4n) is 4.10. The molecule has 9 heteroatoms. The number of rotatable bonds is 4. The van der Waals surface area contributed by atoms with Crippen molar-refractivity contribution in [2.24, 2.45) is 0 Å². The van der Waals surface area contributed by atoms with Gasteiger partial charge in [-0.05, 0) is 57.0 Å². The van der Waals surface area contributed by atoms with Crippen LogP contribution < -0.4 is 10.2 Å². The van der Waals surface area contributed by atoms with Gasteiger partial charge < -0.3 is 19.4 Å². The monoisotopic (exact) mass is 459 g/mol. The summed E-state index contributed by atoms with van der Waals surface area (Å²) in [4.78, 5) is 21.3. The lowest BCUT2D eigenvalue weighted by Gasteiger charge is -2.29. The van der Waals surface area contributed by atoms with Crippen LogP contribution in [0, 0.1) is 6.92 Å². The quantitative estimate of drug-likeness (QED) is 0.500. The number of anilines is 2. The summed E-state index contributed by atoms with van der Waals surface area (Å²) in [5.41, 5.74) is 5.92. The Morgan fingerprint density at radius 3 is 2.68 bits per heavy atom. The minimum absolute atomic E-state index is 0.284. The fourth-order valence-corrected chi connectivity index (χ4v) is 4.10. The number of ether oxygens (including phenoxy) is 1. The Bertz CT molecular complexity index is 1340. The van der Waals surface area contributed by atoms with Gasteiger partial charge in [0, 0.05) is 42.9 Å². The van der Waals surface area contributed by atoms with Crippen molar-refractivity contribution in [1.82, 2.24) is 24.4 Å². The average molecular weight is 460 g/mol. The first-order chi connectivity index (χ1) is 16.3. The summed E-state index contributed by atoms with van der Waals surface area (Å²) in [5.74, 6) is -0.288. The van der Waals surface area contributed by atoms with Crippen molar-refractivity contribution >= 4 is 22.9 Å². The number of aromatic nitrogens is 5. The number of pyridine rings is 1. The molecule has 1 fully saturated rings. The highest BCUT2D eigenvalue weighted by Crippen LogP contribution is 2.32. The number of benzene rings is 1. The normalized spacial score (nSPS) is 14.5. The molecule has 4 heterocycles. The summed E-state index contributed by atoms with van der Waals surface area (Å²) in [6, 6.07) is 8.10. The summed E-state index contributed by atoms with van der Waals surface area (Å²) in [5, 5.41) is 11.5. The Hall–Kier alpha value is -3.72. The van der Waals surface area contributed by atoms with Crippen LogP contribution in [0.25, 0.3) is 16.8 Å². The molecule has 5 rings (SSSR count). The third-order valence-corrected chi connectivity index (χ3v) is 5.95. The SMILES string of the molecule is Cc1ccc(NC(=O)c2cnn(C(C)(C)C)n2)cc1-c1cc(N2CCOCC2)c2nccn2c1. The summed E-state index contributed by atoms with van der Waals surface area (Å²) >= 11 is 0. The molecule has 0 spiro atoms. The number of aryl methyl sites for hydroxylation is 1. The van der Waals surface area contributed by atoms with Gasteiger partial charge in [-0.15, -0.1) is 5.10 Å². The second kappa shape index (κ2) is 8.57. The van der Waals surface area contributed by atoms with Crippen LogP contribution in [0.3, 0.4) is 0 Å². The van der Waals surface area contributed by atoms with E-state index < -0.39 is 0 Å². The Balaban J connectivity index is 1.47. The Kier molecular flexibility index (Phi) is 5.57. The first kappa shape index (κ1) is 22.1. The van der Waals surface area contributed by atoms with Crippen molar-refractivity contribution in [1.29, 1.82) is 0 Å². The molecular formula is C25H29N7O2. The van der Waals surface area contributed by atoms with Crippen LogP contribution >= 0.6 is 0 Å². The first-order valence-corrected chi connectivity index (χ1v) is 11.4. The molecule has 9 nitrogen and oxygen atoms in total. The minimum Gasteiger partial charge on any atom is -0.378 e. The molecule has 1 aromatic carbocycles. The van der Waals surface area contributed by atoms with Crippen molar-refractivity contribution < 1.29 is 9.53 Å². The van der Waals surface area contributed by atoms with Crippen molar-refractivity contribution in [2.75, 3.05) is 36.5 Å². The third kappa shape index (κ3) is 4.26. The number of hydrogen-bond acceptors (Lipinski definition) is 6. The summed E-state index contributed by atoms with van der Waals surface area (Å²) in [6.07, 6.45) is 7.35. The molecule has 0 aliphatic carbocycles. The van der Waals surface area contributed by atoms with Gasteiger partial charge in [-0.3, -0.25) is 4.79 Å². The van der Waals surface area contributed by atoms with Gasteiger partial charge in [0.05, 0.1) is 30.6 Å². The van der Waals surface area contributed by atoms with Crippen LogP contribution in [0.1, 0.15) is 36.8 Å². The molecule has 0 radical (unpaired) electrons. The van der Waals surface area contributed by atoms with Gasteiger partial charge in [0.1, 0.15) is 0 Å². The lowest BCUT2D eigenvalue weighted by molar-refractivity contribution is 0.102. The number of amides is 1. The van der Waals surface area contributed by atoms with Gasteiger partial charge in [0.2, 0.25) is 0 Å². The van der Waals surface area contributed by atoms with E-state index in [2.05, 4.69) is 49.0 Å². The number of fused-ring (bicyclic) bond motifs is 1. The van der Waals surface area contributed by atoms with E-state index in [9.17, 15) is 4.79 Å². The number of nitrogens with one attached hydrogen (secondary N) is 1. The number of imidazole rings is 1. The Labute approximate surface area is 198 Å². The van der Waals surface area contributed by atoms with Crippen LogP contribution in [0.4, 0.5) is 11.4 Å². The molecule has 1 amide bonds. The van der Waals surface area contributed by atoms with Crippen molar-refractivity contribution in [3.8, 4) is 11.1 Å². The number of carbonyl (C=O) groups is 1. The molecule has 176 valence electrons. The Morgan fingerprint density at radius 2 is 1.94 bits per heavy atom. The maximum atomic E-state index is 12.8. The predicted octanol–water partition coefficient (Wildman–Crippen LogP) is 3.75. The minimum atomic E-state index is -0.292. The summed E-state index contributed by atoms with van der Waals surface area (Å²) in [6.45, 7) is 11.1. The highest BCUT2D eigenvalue weighted by molar-refractivity contribution is 6.03. The molecule has 34 heavy (non-hydrogen) atoms. The third-order valence-electron chi connectivity index (χ3n) is 5.95. The highest BCUT2D eigenvalue weighted by atomic mass is 16.5. The van der Waals surface area contributed by atoms with Gasteiger partial charge in [-0.25, -0.2) is 4.98 Å². The molecule has 0 atom stereocenters. The van der Waals surface area contributed by atoms with Crippen molar-refractivity contribution in [2.45, 2.75) is 33.2 Å². The topological polar surface area (TPSA) is 89.6 Å². The lowest BCUT2D eigenvalue weighted by atomic mass is 10.0. The maximum absolute atomic E-state index is 12.8. The van der Waals surface area contributed by atoms with Crippen molar-refractivity contribution in [3.63, 3.8) is 0 Å². The molecule has 4 aromatic rings.